The summed E-state index contributed by atoms with van der Waals surface area (Å²) in [7, 11) is 3.70. The number of amides is 1. The van der Waals surface area contributed by atoms with E-state index in [2.05, 4.69) is 23.3 Å². The normalized spacial score (nSPS) is 13.2. The molecule has 6 nitrogen and oxygen atoms in total. The van der Waals surface area contributed by atoms with Gasteiger partial charge < -0.3 is 15.0 Å². The molecule has 1 aliphatic heterocycles. The lowest BCUT2D eigenvalue weighted by atomic mass is 9.91. The lowest BCUT2D eigenvalue weighted by Crippen LogP contribution is -2.28. The number of methoxy groups -OCH3 is 1. The fourth-order valence-electron chi connectivity index (χ4n) is 3.83. The topological polar surface area (TPSA) is 78.2 Å². The molecule has 0 saturated heterocycles. The molecule has 1 amide bonds. The van der Waals surface area contributed by atoms with Crippen LogP contribution in [-0.4, -0.2) is 42.2 Å². The Kier molecular flexibility index (Phi) is 6.74. The number of thioether (sulfide) groups is 1. The number of carbonyl (C=O) groups excluding carboxylic acids is 1. The molecule has 32 heavy (non-hydrogen) atoms. The first kappa shape index (κ1) is 21.9. The summed E-state index contributed by atoms with van der Waals surface area (Å²) in [4.78, 5) is 19.5. The van der Waals surface area contributed by atoms with Crippen molar-refractivity contribution < 1.29 is 9.53 Å². The first-order chi connectivity index (χ1) is 15.6. The summed E-state index contributed by atoms with van der Waals surface area (Å²) in [6.07, 6.45) is 0.804. The summed E-state index contributed by atoms with van der Waals surface area (Å²) in [5, 5.41) is 13.6. The molecule has 0 aliphatic carbocycles. The van der Waals surface area contributed by atoms with E-state index in [4.69, 9.17) is 9.72 Å². The van der Waals surface area contributed by atoms with Crippen LogP contribution in [0.15, 0.2) is 59.6 Å². The molecule has 2 aromatic carbocycles. The first-order valence-electron chi connectivity index (χ1n) is 10.4. The number of ether oxygens (including phenoxy) is 1. The van der Waals surface area contributed by atoms with Gasteiger partial charge in [-0.1, -0.05) is 42.1 Å². The molecule has 3 aromatic rings. The van der Waals surface area contributed by atoms with Gasteiger partial charge in [0.2, 0.25) is 5.91 Å². The van der Waals surface area contributed by atoms with E-state index in [9.17, 15) is 10.1 Å². The molecule has 1 aliphatic rings. The summed E-state index contributed by atoms with van der Waals surface area (Å²) in [5.41, 5.74) is 5.12. The van der Waals surface area contributed by atoms with Crippen LogP contribution in [0.5, 0.6) is 5.75 Å². The molecule has 7 heteroatoms. The standard InChI is InChI=1S/C25H24N4O2S/c1-29-12-11-22-21(15-29)24(17-7-6-10-19(13-17)31-2)20(14-26)25(28-22)32-16-23(30)27-18-8-4-3-5-9-18/h3-10,13H,11-12,15-16H2,1-2H3,(H,27,30). The maximum atomic E-state index is 12.5. The van der Waals surface area contributed by atoms with Gasteiger partial charge in [0.15, 0.2) is 0 Å². The zero-order valence-electron chi connectivity index (χ0n) is 18.1. The third-order valence-electron chi connectivity index (χ3n) is 5.38. The third kappa shape index (κ3) is 4.77. The van der Waals surface area contributed by atoms with Crippen LogP contribution in [0.4, 0.5) is 5.69 Å². The van der Waals surface area contributed by atoms with Gasteiger partial charge in [-0.05, 0) is 42.4 Å². The van der Waals surface area contributed by atoms with E-state index < -0.39 is 0 Å². The molecule has 2 heterocycles. The Morgan fingerprint density at radius 2 is 2.06 bits per heavy atom. The van der Waals surface area contributed by atoms with Crippen LogP contribution in [0, 0.1) is 11.3 Å². The second-order valence-electron chi connectivity index (χ2n) is 7.63. The van der Waals surface area contributed by atoms with Crippen molar-refractivity contribution in [2.75, 3.05) is 31.8 Å². The molecule has 0 unspecified atom stereocenters. The highest BCUT2D eigenvalue weighted by Crippen LogP contribution is 2.38. The Bertz CT molecular complexity index is 1170. The average molecular weight is 445 g/mol. The molecule has 1 N–H and O–H groups in total. The molecule has 0 radical (unpaired) electrons. The number of para-hydroxylation sites is 1. The Morgan fingerprint density at radius 1 is 1.25 bits per heavy atom. The van der Waals surface area contributed by atoms with E-state index in [0.717, 1.165) is 53.3 Å². The number of pyridine rings is 1. The fourth-order valence-corrected chi connectivity index (χ4v) is 4.64. The number of fused-ring (bicyclic) bond motifs is 1. The van der Waals surface area contributed by atoms with E-state index in [-0.39, 0.29) is 11.7 Å². The maximum Gasteiger partial charge on any atom is 0.234 e. The molecule has 1 aromatic heterocycles. The van der Waals surface area contributed by atoms with Gasteiger partial charge in [-0.3, -0.25) is 4.79 Å². The van der Waals surface area contributed by atoms with Gasteiger partial charge >= 0.3 is 0 Å². The number of nitrogens with zero attached hydrogens (tertiary/aromatic N) is 3. The number of hydrogen-bond donors (Lipinski definition) is 1. The third-order valence-corrected chi connectivity index (χ3v) is 6.35. The zero-order valence-corrected chi connectivity index (χ0v) is 18.9. The largest absolute Gasteiger partial charge is 0.497 e. The Balaban J connectivity index is 1.70. The monoisotopic (exact) mass is 444 g/mol. The van der Waals surface area contributed by atoms with Gasteiger partial charge in [-0.15, -0.1) is 0 Å². The van der Waals surface area contributed by atoms with Crippen LogP contribution in [0.1, 0.15) is 16.8 Å². The number of hydrogen-bond acceptors (Lipinski definition) is 6. The summed E-state index contributed by atoms with van der Waals surface area (Å²) in [5.74, 6) is 0.775. The Labute approximate surface area is 192 Å². The molecule has 4 rings (SSSR count). The predicted octanol–water partition coefficient (Wildman–Crippen LogP) is 4.35. The Hall–Kier alpha value is -3.34. The van der Waals surface area contributed by atoms with E-state index in [0.29, 0.717) is 10.6 Å². The van der Waals surface area contributed by atoms with E-state index in [1.54, 1.807) is 7.11 Å². The number of rotatable bonds is 6. The van der Waals surface area contributed by atoms with Crippen LogP contribution >= 0.6 is 11.8 Å². The molecular weight excluding hydrogens is 420 g/mol. The van der Waals surface area contributed by atoms with Gasteiger partial charge in [0.25, 0.3) is 0 Å². The van der Waals surface area contributed by atoms with Crippen molar-refractivity contribution in [2.45, 2.75) is 18.0 Å². The number of benzene rings is 2. The summed E-state index contributed by atoms with van der Waals surface area (Å²) < 4.78 is 5.41. The van der Waals surface area contributed by atoms with E-state index in [1.165, 1.54) is 11.8 Å². The van der Waals surface area contributed by atoms with Gasteiger partial charge in [0.05, 0.1) is 18.4 Å². The number of likely N-dealkylation sites (N-methyl/N-ethyl adjacent to an activating group) is 1. The van der Waals surface area contributed by atoms with Crippen molar-refractivity contribution in [3.63, 3.8) is 0 Å². The molecule has 0 spiro atoms. The number of aromatic nitrogens is 1. The van der Waals surface area contributed by atoms with Gasteiger partial charge in [-0.2, -0.15) is 5.26 Å². The zero-order chi connectivity index (χ0) is 22.5. The number of carbonyl (C=O) groups is 1. The summed E-state index contributed by atoms with van der Waals surface area (Å²) in [6, 6.07) is 19.5. The van der Waals surface area contributed by atoms with Crippen molar-refractivity contribution in [3.05, 3.63) is 71.4 Å². The van der Waals surface area contributed by atoms with Crippen LogP contribution in [0.2, 0.25) is 0 Å². The SMILES string of the molecule is COc1cccc(-c2c(C#N)c(SCC(=O)Nc3ccccc3)nc3c2CN(C)CC3)c1. The van der Waals surface area contributed by atoms with Crippen LogP contribution in [-0.2, 0) is 17.8 Å². The lowest BCUT2D eigenvalue weighted by Gasteiger charge is -2.28. The van der Waals surface area contributed by atoms with Gasteiger partial charge in [0, 0.05) is 36.5 Å². The molecular formula is C25H24N4O2S. The Morgan fingerprint density at radius 3 is 2.81 bits per heavy atom. The van der Waals surface area contributed by atoms with Crippen molar-refractivity contribution in [1.29, 1.82) is 5.26 Å². The molecule has 0 atom stereocenters. The van der Waals surface area contributed by atoms with Crippen molar-refractivity contribution >= 4 is 23.4 Å². The van der Waals surface area contributed by atoms with E-state index in [1.807, 2.05) is 54.6 Å². The van der Waals surface area contributed by atoms with E-state index >= 15 is 0 Å². The van der Waals surface area contributed by atoms with Crippen LogP contribution in [0.3, 0.4) is 0 Å². The van der Waals surface area contributed by atoms with Gasteiger partial charge in [0.1, 0.15) is 16.8 Å². The van der Waals surface area contributed by atoms with Crippen LogP contribution < -0.4 is 10.1 Å². The van der Waals surface area contributed by atoms with Crippen molar-refractivity contribution in [1.82, 2.24) is 9.88 Å². The smallest absolute Gasteiger partial charge is 0.234 e. The minimum absolute atomic E-state index is 0.132. The second-order valence-corrected chi connectivity index (χ2v) is 8.59. The number of nitrogens with one attached hydrogen (secondary N) is 1. The second kappa shape index (κ2) is 9.86. The molecule has 0 bridgehead atoms. The quantitative estimate of drug-likeness (QED) is 0.570. The highest BCUT2D eigenvalue weighted by molar-refractivity contribution is 8.00. The highest BCUT2D eigenvalue weighted by Gasteiger charge is 2.25. The molecule has 0 saturated carbocycles. The maximum absolute atomic E-state index is 12.5. The van der Waals surface area contributed by atoms with Crippen molar-refractivity contribution in [3.8, 4) is 22.9 Å². The van der Waals surface area contributed by atoms with Crippen LogP contribution in [0.25, 0.3) is 11.1 Å². The summed E-state index contributed by atoms with van der Waals surface area (Å²) >= 11 is 1.30. The van der Waals surface area contributed by atoms with Crippen molar-refractivity contribution in [2.24, 2.45) is 0 Å². The molecule has 0 fully saturated rings. The molecule has 162 valence electrons. The first-order valence-corrected chi connectivity index (χ1v) is 11.3. The number of anilines is 1. The van der Waals surface area contributed by atoms with Gasteiger partial charge in [-0.25, -0.2) is 4.98 Å². The average Bonchev–Trinajstić information content (AvgIpc) is 2.82. The lowest BCUT2D eigenvalue weighted by molar-refractivity contribution is -0.113. The fraction of sp³-hybridized carbons (Fsp3) is 0.240. The minimum atomic E-state index is -0.132. The highest BCUT2D eigenvalue weighted by atomic mass is 32.2. The predicted molar refractivity (Wildman–Crippen MR) is 127 cm³/mol. The summed E-state index contributed by atoms with van der Waals surface area (Å²) in [6.45, 7) is 1.63. The number of nitriles is 1. The minimum Gasteiger partial charge on any atom is -0.497 e.